The van der Waals surface area contributed by atoms with Crippen molar-refractivity contribution in [1.82, 2.24) is 19.8 Å². The summed E-state index contributed by atoms with van der Waals surface area (Å²) in [6.45, 7) is 3.84. The zero-order chi connectivity index (χ0) is 17.6. The number of carbonyl (C=O) groups excluding carboxylic acids is 2. The topological polar surface area (TPSA) is 89.6 Å². The van der Waals surface area contributed by atoms with E-state index in [1.165, 1.54) is 0 Å². The van der Waals surface area contributed by atoms with Crippen molar-refractivity contribution in [2.24, 2.45) is 0 Å². The minimum absolute atomic E-state index is 0.0281. The van der Waals surface area contributed by atoms with Crippen LogP contribution < -0.4 is 5.32 Å². The number of hydrogen-bond acceptors (Lipinski definition) is 5. The molecule has 1 aliphatic heterocycles. The van der Waals surface area contributed by atoms with E-state index in [9.17, 15) is 9.59 Å². The van der Waals surface area contributed by atoms with E-state index in [0.717, 1.165) is 0 Å². The maximum Gasteiger partial charge on any atom is 0.409 e. The third-order valence-corrected chi connectivity index (χ3v) is 4.14. The van der Waals surface area contributed by atoms with Gasteiger partial charge in [0, 0.05) is 31.5 Å². The second-order valence-electron chi connectivity index (χ2n) is 5.93. The lowest BCUT2D eigenvalue weighted by Gasteiger charge is -2.31. The fourth-order valence-corrected chi connectivity index (χ4v) is 2.82. The third kappa shape index (κ3) is 4.40. The summed E-state index contributed by atoms with van der Waals surface area (Å²) in [5.74, 6) is 0.759. The van der Waals surface area contributed by atoms with E-state index in [0.29, 0.717) is 50.6 Å². The van der Waals surface area contributed by atoms with Crippen LogP contribution in [0.15, 0.2) is 35.3 Å². The van der Waals surface area contributed by atoms with Gasteiger partial charge in [0.1, 0.15) is 5.76 Å². The Morgan fingerprint density at radius 1 is 1.36 bits per heavy atom. The van der Waals surface area contributed by atoms with Crippen LogP contribution in [0.4, 0.5) is 4.79 Å². The van der Waals surface area contributed by atoms with Crippen molar-refractivity contribution in [3.05, 3.63) is 42.4 Å². The Hall–Kier alpha value is -2.77. The largest absolute Gasteiger partial charge is 0.454 e. The van der Waals surface area contributed by atoms with Crippen LogP contribution >= 0.6 is 0 Å². The number of nitrogens with one attached hydrogen (secondary N) is 1. The number of hydrogen-bond donors (Lipinski definition) is 1. The molecule has 8 nitrogen and oxygen atoms in total. The molecule has 25 heavy (non-hydrogen) atoms. The Bertz CT molecular complexity index is 702. The first-order valence-corrected chi connectivity index (χ1v) is 8.42. The quantitative estimate of drug-likeness (QED) is 0.893. The highest BCUT2D eigenvalue weighted by atomic mass is 16.6. The number of amides is 2. The van der Waals surface area contributed by atoms with Gasteiger partial charge in [-0.05, 0) is 31.9 Å². The number of ether oxygens (including phenoxy) is 1. The van der Waals surface area contributed by atoms with Crippen molar-refractivity contribution >= 4 is 12.0 Å². The molecule has 0 radical (unpaired) electrons. The molecule has 0 atom stereocenters. The molecule has 134 valence electrons. The van der Waals surface area contributed by atoms with Gasteiger partial charge in [-0.3, -0.25) is 4.79 Å². The van der Waals surface area contributed by atoms with Gasteiger partial charge in [-0.1, -0.05) is 0 Å². The van der Waals surface area contributed by atoms with E-state index in [4.69, 9.17) is 9.15 Å². The number of aromatic nitrogens is 2. The predicted molar refractivity (Wildman–Crippen MR) is 89.1 cm³/mol. The average Bonchev–Trinajstić information content (AvgIpc) is 3.28. The second-order valence-corrected chi connectivity index (χ2v) is 5.93. The van der Waals surface area contributed by atoms with Crippen LogP contribution in [0, 0.1) is 0 Å². The summed E-state index contributed by atoms with van der Waals surface area (Å²) in [6, 6.07) is 3.49. The molecule has 1 aliphatic rings. The highest BCUT2D eigenvalue weighted by molar-refractivity contribution is 5.91. The molecule has 2 amide bonds. The summed E-state index contributed by atoms with van der Waals surface area (Å²) in [5.41, 5.74) is 0. The SMILES string of the molecule is CCOC(=O)N1CCC(NC(=O)c2ccc(Cn3ccnc3)o2)CC1. The highest BCUT2D eigenvalue weighted by Crippen LogP contribution is 2.14. The van der Waals surface area contributed by atoms with Gasteiger partial charge < -0.3 is 23.9 Å². The zero-order valence-corrected chi connectivity index (χ0v) is 14.2. The Labute approximate surface area is 145 Å². The van der Waals surface area contributed by atoms with E-state index in [2.05, 4.69) is 10.3 Å². The smallest absolute Gasteiger partial charge is 0.409 e. The first kappa shape index (κ1) is 17.1. The highest BCUT2D eigenvalue weighted by Gasteiger charge is 2.25. The summed E-state index contributed by atoms with van der Waals surface area (Å²) >= 11 is 0. The van der Waals surface area contributed by atoms with Crippen molar-refractivity contribution < 1.29 is 18.7 Å². The molecule has 0 bridgehead atoms. The van der Waals surface area contributed by atoms with Crippen molar-refractivity contribution in [2.45, 2.75) is 32.4 Å². The summed E-state index contributed by atoms with van der Waals surface area (Å²) in [5, 5.41) is 2.97. The van der Waals surface area contributed by atoms with Gasteiger partial charge in [0.2, 0.25) is 0 Å². The van der Waals surface area contributed by atoms with E-state index < -0.39 is 0 Å². The van der Waals surface area contributed by atoms with Crippen molar-refractivity contribution in [1.29, 1.82) is 0 Å². The summed E-state index contributed by atoms with van der Waals surface area (Å²) in [4.78, 5) is 29.6. The van der Waals surface area contributed by atoms with Crippen molar-refractivity contribution in [3.63, 3.8) is 0 Å². The monoisotopic (exact) mass is 346 g/mol. The van der Waals surface area contributed by atoms with Crippen molar-refractivity contribution in [3.8, 4) is 0 Å². The summed E-state index contributed by atoms with van der Waals surface area (Å²) in [7, 11) is 0. The molecule has 0 saturated carbocycles. The number of piperidine rings is 1. The Morgan fingerprint density at radius 2 is 2.16 bits per heavy atom. The molecule has 1 N–H and O–H groups in total. The molecule has 2 aromatic rings. The van der Waals surface area contributed by atoms with Gasteiger partial charge in [-0.2, -0.15) is 0 Å². The lowest BCUT2D eigenvalue weighted by atomic mass is 10.1. The molecule has 0 unspecified atom stereocenters. The van der Waals surface area contributed by atoms with Gasteiger partial charge in [0.05, 0.1) is 19.5 Å². The van der Waals surface area contributed by atoms with E-state index >= 15 is 0 Å². The number of carbonyl (C=O) groups is 2. The molecule has 1 fully saturated rings. The maximum absolute atomic E-state index is 12.3. The van der Waals surface area contributed by atoms with Crippen LogP contribution in [0.1, 0.15) is 36.1 Å². The Kier molecular flexibility index (Phi) is 5.37. The van der Waals surface area contributed by atoms with Crippen LogP contribution in [-0.2, 0) is 11.3 Å². The van der Waals surface area contributed by atoms with Crippen LogP contribution in [0.25, 0.3) is 0 Å². The molecular formula is C17H22N4O4. The number of imidazole rings is 1. The second kappa shape index (κ2) is 7.87. The molecule has 8 heteroatoms. The minimum Gasteiger partial charge on any atom is -0.454 e. The number of nitrogens with zero attached hydrogens (tertiary/aromatic N) is 3. The molecule has 2 aromatic heterocycles. The maximum atomic E-state index is 12.3. The summed E-state index contributed by atoms with van der Waals surface area (Å²) < 4.78 is 12.5. The molecular weight excluding hydrogens is 324 g/mol. The van der Waals surface area contributed by atoms with Gasteiger partial charge in [-0.15, -0.1) is 0 Å². The van der Waals surface area contributed by atoms with Gasteiger partial charge in [0.25, 0.3) is 5.91 Å². The lowest BCUT2D eigenvalue weighted by molar-refractivity contribution is 0.0839. The molecule has 3 rings (SSSR count). The lowest BCUT2D eigenvalue weighted by Crippen LogP contribution is -2.46. The van der Waals surface area contributed by atoms with Crippen LogP contribution in [0.5, 0.6) is 0 Å². The Balaban J connectivity index is 1.48. The Morgan fingerprint density at radius 3 is 2.84 bits per heavy atom. The standard InChI is InChI=1S/C17H22N4O4/c1-2-24-17(23)21-8-5-13(6-9-21)19-16(22)15-4-3-14(25-15)11-20-10-7-18-12-20/h3-4,7,10,12-13H,2,5-6,8-9,11H2,1H3,(H,19,22). The van der Waals surface area contributed by atoms with E-state index in [1.807, 2.05) is 10.8 Å². The fourth-order valence-electron chi connectivity index (χ4n) is 2.82. The van der Waals surface area contributed by atoms with Crippen LogP contribution in [-0.4, -0.2) is 52.2 Å². The fraction of sp³-hybridized carbons (Fsp3) is 0.471. The molecule has 0 aromatic carbocycles. The van der Waals surface area contributed by atoms with Gasteiger partial charge in [-0.25, -0.2) is 9.78 Å². The first-order chi connectivity index (χ1) is 12.2. The molecule has 1 saturated heterocycles. The van der Waals surface area contributed by atoms with Crippen LogP contribution in [0.2, 0.25) is 0 Å². The third-order valence-electron chi connectivity index (χ3n) is 4.14. The van der Waals surface area contributed by atoms with Gasteiger partial charge in [0.15, 0.2) is 5.76 Å². The predicted octanol–water partition coefficient (Wildman–Crippen LogP) is 1.88. The van der Waals surface area contributed by atoms with Gasteiger partial charge >= 0.3 is 6.09 Å². The molecule has 0 aliphatic carbocycles. The number of furan rings is 1. The molecule has 3 heterocycles. The van der Waals surface area contributed by atoms with Crippen molar-refractivity contribution in [2.75, 3.05) is 19.7 Å². The van der Waals surface area contributed by atoms with E-state index in [1.54, 1.807) is 36.5 Å². The van der Waals surface area contributed by atoms with Crippen LogP contribution in [0.3, 0.4) is 0 Å². The normalized spacial score (nSPS) is 15.2. The number of rotatable bonds is 5. The average molecular weight is 346 g/mol. The summed E-state index contributed by atoms with van der Waals surface area (Å²) in [6.07, 6.45) is 6.33. The molecule has 0 spiro atoms. The minimum atomic E-state index is -0.289. The zero-order valence-electron chi connectivity index (χ0n) is 14.2. The first-order valence-electron chi connectivity index (χ1n) is 8.42. The number of likely N-dealkylation sites (tertiary alicyclic amines) is 1. The van der Waals surface area contributed by atoms with E-state index in [-0.39, 0.29) is 18.0 Å².